The zero-order valence-corrected chi connectivity index (χ0v) is 11.3. The first-order chi connectivity index (χ1) is 9.54. The molecule has 102 valence electrons. The van der Waals surface area contributed by atoms with Crippen molar-refractivity contribution < 1.29 is 8.42 Å². The maximum Gasteiger partial charge on any atom is 0.245 e. The molecular weight excluding hydrogens is 276 g/mol. The Bertz CT molecular complexity index is 871. The summed E-state index contributed by atoms with van der Waals surface area (Å²) in [4.78, 5) is 3.66. The number of sulfone groups is 1. The van der Waals surface area contributed by atoms with E-state index in [0.29, 0.717) is 5.56 Å². The minimum atomic E-state index is -3.57. The van der Waals surface area contributed by atoms with Crippen LogP contribution in [0.1, 0.15) is 5.56 Å². The second kappa shape index (κ2) is 4.61. The van der Waals surface area contributed by atoms with E-state index in [9.17, 15) is 8.42 Å². The maximum atomic E-state index is 12.2. The summed E-state index contributed by atoms with van der Waals surface area (Å²) >= 11 is 0. The van der Waals surface area contributed by atoms with Gasteiger partial charge in [-0.2, -0.15) is 4.98 Å². The number of aromatic amines is 1. The Labute approximate surface area is 115 Å². The van der Waals surface area contributed by atoms with Crippen LogP contribution in [-0.2, 0) is 15.6 Å². The molecule has 0 aliphatic carbocycles. The predicted octanol–water partition coefficient (Wildman–Crippen LogP) is 1.51. The third-order valence-corrected chi connectivity index (χ3v) is 4.43. The van der Waals surface area contributed by atoms with Crippen molar-refractivity contribution in [2.75, 3.05) is 5.73 Å². The van der Waals surface area contributed by atoms with Gasteiger partial charge in [-0.1, -0.05) is 42.5 Å². The van der Waals surface area contributed by atoms with Gasteiger partial charge in [0.25, 0.3) is 0 Å². The fraction of sp³-hybridized carbons (Fsp3) is 0.0769. The van der Waals surface area contributed by atoms with Gasteiger partial charge in [-0.25, -0.2) is 13.5 Å². The number of hydrogen-bond donors (Lipinski definition) is 2. The molecule has 0 radical (unpaired) electrons. The van der Waals surface area contributed by atoms with Gasteiger partial charge in [-0.15, -0.1) is 5.10 Å². The standard InChI is InChI=1S/C13H12N4O2S/c14-12-15-13(17-16-12)20(18,19)8-9-5-6-10-3-1-2-4-11(10)7-9/h1-7H,8H2,(H3,14,15,16,17). The molecule has 0 saturated carbocycles. The monoisotopic (exact) mass is 288 g/mol. The van der Waals surface area contributed by atoms with Crippen LogP contribution < -0.4 is 5.73 Å². The lowest BCUT2D eigenvalue weighted by Gasteiger charge is -2.03. The van der Waals surface area contributed by atoms with Crippen LogP contribution in [0.25, 0.3) is 10.8 Å². The van der Waals surface area contributed by atoms with Gasteiger partial charge in [0.15, 0.2) is 0 Å². The third kappa shape index (κ3) is 2.35. The summed E-state index contributed by atoms with van der Waals surface area (Å²) in [5.74, 6) is -0.228. The zero-order chi connectivity index (χ0) is 14.2. The van der Waals surface area contributed by atoms with Crippen LogP contribution in [0.2, 0.25) is 0 Å². The van der Waals surface area contributed by atoms with Crippen molar-refractivity contribution in [3.05, 3.63) is 48.0 Å². The molecule has 0 amide bonds. The SMILES string of the molecule is Nc1n[nH]c(S(=O)(=O)Cc2ccc3ccccc3c2)n1. The summed E-state index contributed by atoms with van der Waals surface area (Å²) < 4.78 is 24.3. The molecule has 3 N–H and O–H groups in total. The minimum absolute atomic E-state index is 0.0814. The Morgan fingerprint density at radius 1 is 1.10 bits per heavy atom. The molecular formula is C13H12N4O2S. The van der Waals surface area contributed by atoms with Crippen molar-refractivity contribution in [2.45, 2.75) is 10.9 Å². The predicted molar refractivity (Wildman–Crippen MR) is 75.6 cm³/mol. The lowest BCUT2D eigenvalue weighted by atomic mass is 10.1. The smallest absolute Gasteiger partial charge is 0.245 e. The average molecular weight is 288 g/mol. The van der Waals surface area contributed by atoms with Gasteiger partial charge in [0.05, 0.1) is 5.75 Å². The fourth-order valence-electron chi connectivity index (χ4n) is 2.01. The number of hydrogen-bond acceptors (Lipinski definition) is 5. The molecule has 20 heavy (non-hydrogen) atoms. The van der Waals surface area contributed by atoms with E-state index in [4.69, 9.17) is 5.73 Å². The lowest BCUT2D eigenvalue weighted by Crippen LogP contribution is -2.07. The first-order valence-corrected chi connectivity index (χ1v) is 7.58. The van der Waals surface area contributed by atoms with Gasteiger partial charge >= 0.3 is 0 Å². The summed E-state index contributed by atoms with van der Waals surface area (Å²) in [5.41, 5.74) is 6.02. The molecule has 0 fully saturated rings. The summed E-state index contributed by atoms with van der Waals surface area (Å²) in [6.45, 7) is 0. The highest BCUT2D eigenvalue weighted by Gasteiger charge is 2.19. The summed E-state index contributed by atoms with van der Waals surface area (Å²) in [6.07, 6.45) is 0. The topological polar surface area (TPSA) is 102 Å². The molecule has 0 bridgehead atoms. The van der Waals surface area contributed by atoms with Crippen molar-refractivity contribution in [2.24, 2.45) is 0 Å². The highest BCUT2D eigenvalue weighted by atomic mass is 32.2. The molecule has 3 aromatic rings. The number of nitrogens with two attached hydrogens (primary N) is 1. The van der Waals surface area contributed by atoms with Crippen LogP contribution in [0.3, 0.4) is 0 Å². The first-order valence-electron chi connectivity index (χ1n) is 5.93. The molecule has 2 aromatic carbocycles. The van der Waals surface area contributed by atoms with E-state index in [2.05, 4.69) is 15.2 Å². The van der Waals surface area contributed by atoms with Crippen LogP contribution in [0, 0.1) is 0 Å². The number of rotatable bonds is 3. The number of nitrogens with zero attached hydrogens (tertiary/aromatic N) is 2. The van der Waals surface area contributed by atoms with Crippen LogP contribution in [0.15, 0.2) is 47.6 Å². The Balaban J connectivity index is 1.96. The molecule has 7 heteroatoms. The molecule has 0 atom stereocenters. The van der Waals surface area contributed by atoms with Crippen LogP contribution in [0.5, 0.6) is 0 Å². The van der Waals surface area contributed by atoms with Crippen molar-refractivity contribution in [3.8, 4) is 0 Å². The molecule has 6 nitrogen and oxygen atoms in total. The molecule has 0 aliphatic heterocycles. The van der Waals surface area contributed by atoms with E-state index in [-0.39, 0.29) is 16.9 Å². The van der Waals surface area contributed by atoms with Gasteiger partial charge in [0.2, 0.25) is 20.9 Å². The number of fused-ring (bicyclic) bond motifs is 1. The highest BCUT2D eigenvalue weighted by molar-refractivity contribution is 7.90. The van der Waals surface area contributed by atoms with Crippen LogP contribution >= 0.6 is 0 Å². The van der Waals surface area contributed by atoms with Crippen LogP contribution in [-0.4, -0.2) is 23.6 Å². The normalized spacial score (nSPS) is 11.8. The minimum Gasteiger partial charge on any atom is -0.366 e. The van der Waals surface area contributed by atoms with Gasteiger partial charge < -0.3 is 5.73 Å². The molecule has 1 heterocycles. The number of H-pyrrole nitrogens is 1. The second-order valence-electron chi connectivity index (χ2n) is 4.44. The largest absolute Gasteiger partial charge is 0.366 e. The zero-order valence-electron chi connectivity index (χ0n) is 10.4. The molecule has 0 saturated heterocycles. The third-order valence-electron chi connectivity index (χ3n) is 2.95. The fourth-order valence-corrected chi connectivity index (χ4v) is 3.19. The van der Waals surface area contributed by atoms with E-state index < -0.39 is 9.84 Å². The Morgan fingerprint density at radius 3 is 2.55 bits per heavy atom. The molecule has 3 rings (SSSR count). The molecule has 0 unspecified atom stereocenters. The number of benzene rings is 2. The second-order valence-corrected chi connectivity index (χ2v) is 6.34. The van der Waals surface area contributed by atoms with Crippen molar-refractivity contribution in [3.63, 3.8) is 0 Å². The number of nitrogen functional groups attached to an aromatic ring is 1. The first kappa shape index (κ1) is 12.6. The molecule has 0 aliphatic rings. The summed E-state index contributed by atoms with van der Waals surface area (Å²) in [5, 5.41) is 7.73. The number of anilines is 1. The number of nitrogens with one attached hydrogen (secondary N) is 1. The highest BCUT2D eigenvalue weighted by Crippen LogP contribution is 2.19. The van der Waals surface area contributed by atoms with Gasteiger partial charge in [-0.05, 0) is 16.3 Å². The molecule has 1 aromatic heterocycles. The Kier molecular flexibility index (Phi) is 2.90. The Hall–Kier alpha value is -2.41. The van der Waals surface area contributed by atoms with E-state index in [1.54, 1.807) is 6.07 Å². The average Bonchev–Trinajstić information content (AvgIpc) is 2.86. The van der Waals surface area contributed by atoms with Gasteiger partial charge in [0.1, 0.15) is 0 Å². The van der Waals surface area contributed by atoms with E-state index in [0.717, 1.165) is 10.8 Å². The van der Waals surface area contributed by atoms with E-state index in [1.807, 2.05) is 36.4 Å². The lowest BCUT2D eigenvalue weighted by molar-refractivity contribution is 0.587. The van der Waals surface area contributed by atoms with Crippen LogP contribution in [0.4, 0.5) is 5.95 Å². The molecule has 0 spiro atoms. The quantitative estimate of drug-likeness (QED) is 0.760. The van der Waals surface area contributed by atoms with Crippen molar-refractivity contribution in [1.29, 1.82) is 0 Å². The summed E-state index contributed by atoms with van der Waals surface area (Å²) in [6, 6.07) is 13.3. The Morgan fingerprint density at radius 2 is 1.85 bits per heavy atom. The van der Waals surface area contributed by atoms with E-state index >= 15 is 0 Å². The van der Waals surface area contributed by atoms with E-state index in [1.165, 1.54) is 0 Å². The van der Waals surface area contributed by atoms with Crippen molar-refractivity contribution >= 4 is 26.6 Å². The maximum absolute atomic E-state index is 12.2. The van der Waals surface area contributed by atoms with Gasteiger partial charge in [0, 0.05) is 0 Å². The summed E-state index contributed by atoms with van der Waals surface area (Å²) in [7, 11) is -3.57. The van der Waals surface area contributed by atoms with Gasteiger partial charge in [-0.3, -0.25) is 0 Å². The van der Waals surface area contributed by atoms with Crippen molar-refractivity contribution in [1.82, 2.24) is 15.2 Å². The number of aromatic nitrogens is 3.